The maximum atomic E-state index is 12.7. The lowest BCUT2D eigenvalue weighted by Crippen LogP contribution is -2.27. The maximum Gasteiger partial charge on any atom is 0.293 e. The molecule has 2 heterocycles. The smallest absolute Gasteiger partial charge is 0.293 e. The Kier molecular flexibility index (Phi) is 4.87. The van der Waals surface area contributed by atoms with Gasteiger partial charge in [0.2, 0.25) is 0 Å². The van der Waals surface area contributed by atoms with Crippen molar-refractivity contribution in [1.82, 2.24) is 4.90 Å². The second-order valence-electron chi connectivity index (χ2n) is 6.47. The van der Waals surface area contributed by atoms with Crippen LogP contribution in [0, 0.1) is 10.1 Å². The number of nitro groups is 1. The lowest BCUT2D eigenvalue weighted by atomic mass is 10.0. The average Bonchev–Trinajstić information content (AvgIpc) is 2.95. The van der Waals surface area contributed by atoms with E-state index in [1.54, 1.807) is 24.3 Å². The number of benzene rings is 2. The van der Waals surface area contributed by atoms with E-state index in [1.165, 1.54) is 6.07 Å². The van der Waals surface area contributed by atoms with Gasteiger partial charge in [0.15, 0.2) is 0 Å². The van der Waals surface area contributed by atoms with Crippen molar-refractivity contribution in [3.8, 4) is 5.75 Å². The second-order valence-corrected chi connectivity index (χ2v) is 7.47. The number of carbonyl (C=O) groups is 2. The highest BCUT2D eigenvalue weighted by atomic mass is 32.2. The Hall–Kier alpha value is -3.13. The molecule has 0 spiro atoms. The summed E-state index contributed by atoms with van der Waals surface area (Å²) in [7, 11) is 0. The van der Waals surface area contributed by atoms with Crippen LogP contribution in [0.3, 0.4) is 0 Å². The van der Waals surface area contributed by atoms with Crippen molar-refractivity contribution in [3.05, 3.63) is 74.2 Å². The number of carbonyl (C=O) groups excluding carboxylic acids is 2. The van der Waals surface area contributed by atoms with Crippen LogP contribution in [0.15, 0.2) is 47.4 Å². The van der Waals surface area contributed by atoms with E-state index in [2.05, 4.69) is 0 Å². The topological polar surface area (TPSA) is 89.8 Å². The molecule has 0 aromatic heterocycles. The summed E-state index contributed by atoms with van der Waals surface area (Å²) in [5.41, 5.74) is 2.11. The monoisotopic (exact) mass is 396 g/mol. The van der Waals surface area contributed by atoms with Crippen LogP contribution in [0.4, 0.5) is 10.5 Å². The number of imide groups is 1. The van der Waals surface area contributed by atoms with Gasteiger partial charge < -0.3 is 4.74 Å². The minimum absolute atomic E-state index is 0.111. The number of ether oxygens (including phenoxy) is 1. The largest absolute Gasteiger partial charge is 0.493 e. The molecule has 142 valence electrons. The molecule has 1 fully saturated rings. The third kappa shape index (κ3) is 3.50. The van der Waals surface area contributed by atoms with Crippen LogP contribution in [-0.2, 0) is 17.8 Å². The van der Waals surface area contributed by atoms with Gasteiger partial charge in [-0.25, -0.2) is 0 Å². The molecule has 7 nitrogen and oxygen atoms in total. The summed E-state index contributed by atoms with van der Waals surface area (Å²) in [6, 6.07) is 11.8. The Morgan fingerprint density at radius 2 is 2.04 bits per heavy atom. The minimum Gasteiger partial charge on any atom is -0.493 e. The molecule has 4 rings (SSSR count). The third-order valence-electron chi connectivity index (χ3n) is 4.62. The minimum atomic E-state index is -0.514. The van der Waals surface area contributed by atoms with Crippen molar-refractivity contribution in [2.24, 2.45) is 0 Å². The lowest BCUT2D eigenvalue weighted by molar-refractivity contribution is -0.385. The molecule has 0 radical (unpaired) electrons. The predicted octanol–water partition coefficient (Wildman–Crippen LogP) is 4.16. The Labute approximate surface area is 165 Å². The zero-order chi connectivity index (χ0) is 19.7. The van der Waals surface area contributed by atoms with E-state index < -0.39 is 16.1 Å². The van der Waals surface area contributed by atoms with E-state index in [4.69, 9.17) is 4.74 Å². The van der Waals surface area contributed by atoms with E-state index in [1.807, 2.05) is 18.2 Å². The Morgan fingerprint density at radius 3 is 2.86 bits per heavy atom. The normalized spacial score (nSPS) is 17.6. The van der Waals surface area contributed by atoms with E-state index >= 15 is 0 Å². The molecule has 0 unspecified atom stereocenters. The molecule has 0 saturated carbocycles. The Morgan fingerprint density at radius 1 is 1.21 bits per heavy atom. The summed E-state index contributed by atoms with van der Waals surface area (Å²) in [5.74, 6) is 0.412. The molecule has 0 N–H and O–H groups in total. The molecular formula is C20H16N2O5S. The fraction of sp³-hybridized carbons (Fsp3) is 0.200. The molecule has 2 aliphatic rings. The first-order valence-electron chi connectivity index (χ1n) is 8.76. The van der Waals surface area contributed by atoms with Crippen LogP contribution in [0.25, 0.3) is 6.08 Å². The summed E-state index contributed by atoms with van der Waals surface area (Å²) in [4.78, 5) is 37.1. The van der Waals surface area contributed by atoms with E-state index in [-0.39, 0.29) is 12.2 Å². The molecule has 2 amide bonds. The van der Waals surface area contributed by atoms with Crippen molar-refractivity contribution in [3.63, 3.8) is 0 Å². The SMILES string of the molecule is O=C1SC(=Cc2ccc3c(c2)CCCO3)C(=O)N1Cc1ccccc1[N+](=O)[O-]. The Bertz CT molecular complexity index is 1020. The number of fused-ring (bicyclic) bond motifs is 1. The number of amides is 2. The number of hydrogen-bond donors (Lipinski definition) is 0. The molecule has 2 aromatic rings. The van der Waals surface area contributed by atoms with Crippen LogP contribution in [-0.4, -0.2) is 27.6 Å². The van der Waals surface area contributed by atoms with Gasteiger partial charge in [-0.2, -0.15) is 0 Å². The molecule has 0 bridgehead atoms. The average molecular weight is 396 g/mol. The van der Waals surface area contributed by atoms with E-state index in [9.17, 15) is 19.7 Å². The first kappa shape index (κ1) is 18.2. The molecule has 2 aliphatic heterocycles. The van der Waals surface area contributed by atoms with E-state index in [0.29, 0.717) is 17.1 Å². The standard InChI is InChI=1S/C20H16N2O5S/c23-19-18(11-13-7-8-17-14(10-13)5-3-9-27-17)28-20(24)21(19)12-15-4-1-2-6-16(15)22(25)26/h1-2,4,6-8,10-11H,3,5,9,12H2. The lowest BCUT2D eigenvalue weighted by Gasteiger charge is -2.17. The van der Waals surface area contributed by atoms with Crippen LogP contribution in [0.2, 0.25) is 0 Å². The second kappa shape index (κ2) is 7.47. The van der Waals surface area contributed by atoms with Gasteiger partial charge >= 0.3 is 0 Å². The molecule has 2 aromatic carbocycles. The van der Waals surface area contributed by atoms with Gasteiger partial charge in [0, 0.05) is 11.6 Å². The Balaban J connectivity index is 1.58. The van der Waals surface area contributed by atoms with Gasteiger partial charge in [-0.3, -0.25) is 24.6 Å². The van der Waals surface area contributed by atoms with Gasteiger partial charge in [0.25, 0.3) is 16.8 Å². The summed E-state index contributed by atoms with van der Waals surface area (Å²) in [6.07, 6.45) is 3.54. The number of aryl methyl sites for hydroxylation is 1. The predicted molar refractivity (Wildman–Crippen MR) is 105 cm³/mol. The summed E-state index contributed by atoms with van der Waals surface area (Å²) >= 11 is 0.845. The number of rotatable bonds is 4. The van der Waals surface area contributed by atoms with Crippen molar-refractivity contribution in [2.45, 2.75) is 19.4 Å². The van der Waals surface area contributed by atoms with Crippen molar-refractivity contribution >= 4 is 34.7 Å². The van der Waals surface area contributed by atoms with Gasteiger partial charge in [-0.05, 0) is 53.9 Å². The fourth-order valence-corrected chi connectivity index (χ4v) is 4.09. The highest BCUT2D eigenvalue weighted by Gasteiger charge is 2.36. The molecular weight excluding hydrogens is 380 g/mol. The van der Waals surface area contributed by atoms with Crippen LogP contribution in [0.5, 0.6) is 5.75 Å². The van der Waals surface area contributed by atoms with Crippen LogP contribution < -0.4 is 4.74 Å². The molecule has 8 heteroatoms. The first-order valence-corrected chi connectivity index (χ1v) is 9.58. The zero-order valence-electron chi connectivity index (χ0n) is 14.8. The van der Waals surface area contributed by atoms with Crippen molar-refractivity contribution in [1.29, 1.82) is 0 Å². The van der Waals surface area contributed by atoms with Gasteiger partial charge in [-0.1, -0.05) is 24.3 Å². The van der Waals surface area contributed by atoms with Crippen LogP contribution >= 0.6 is 11.8 Å². The van der Waals surface area contributed by atoms with Crippen molar-refractivity contribution < 1.29 is 19.2 Å². The quantitative estimate of drug-likeness (QED) is 0.438. The van der Waals surface area contributed by atoms with Gasteiger partial charge in [-0.15, -0.1) is 0 Å². The van der Waals surface area contributed by atoms with Gasteiger partial charge in [0.1, 0.15) is 5.75 Å². The highest BCUT2D eigenvalue weighted by Crippen LogP contribution is 2.35. The third-order valence-corrected chi connectivity index (χ3v) is 5.53. The number of thioether (sulfide) groups is 1. The summed E-state index contributed by atoms with van der Waals surface area (Å²) < 4.78 is 5.59. The molecule has 0 aliphatic carbocycles. The summed E-state index contributed by atoms with van der Waals surface area (Å²) in [5, 5.41) is 10.7. The molecule has 28 heavy (non-hydrogen) atoms. The van der Waals surface area contributed by atoms with E-state index in [0.717, 1.165) is 46.4 Å². The molecule has 1 saturated heterocycles. The number of hydrogen-bond acceptors (Lipinski definition) is 6. The maximum absolute atomic E-state index is 12.7. The number of nitrogens with zero attached hydrogens (tertiary/aromatic N) is 2. The van der Waals surface area contributed by atoms with Crippen LogP contribution in [0.1, 0.15) is 23.1 Å². The number of nitro benzene ring substituents is 1. The molecule has 0 atom stereocenters. The number of para-hydroxylation sites is 1. The summed E-state index contributed by atoms with van der Waals surface area (Å²) in [6.45, 7) is 0.577. The fourth-order valence-electron chi connectivity index (χ4n) is 3.25. The first-order chi connectivity index (χ1) is 13.5. The van der Waals surface area contributed by atoms with Crippen molar-refractivity contribution in [2.75, 3.05) is 6.61 Å². The highest BCUT2D eigenvalue weighted by molar-refractivity contribution is 8.18. The zero-order valence-corrected chi connectivity index (χ0v) is 15.6. The van der Waals surface area contributed by atoms with Gasteiger partial charge in [0.05, 0.1) is 23.0 Å².